The Morgan fingerprint density at radius 1 is 1.18 bits per heavy atom. The van der Waals surface area contributed by atoms with Crippen molar-refractivity contribution in [2.24, 2.45) is 5.41 Å². The summed E-state index contributed by atoms with van der Waals surface area (Å²) in [5, 5.41) is 17.4. The van der Waals surface area contributed by atoms with Gasteiger partial charge in [-0.1, -0.05) is 6.92 Å². The van der Waals surface area contributed by atoms with E-state index in [2.05, 4.69) is 6.92 Å². The Kier molecular flexibility index (Phi) is 3.49. The van der Waals surface area contributed by atoms with Crippen LogP contribution in [0, 0.1) is 5.41 Å². The van der Waals surface area contributed by atoms with Crippen molar-refractivity contribution in [1.29, 1.82) is 0 Å². The lowest BCUT2D eigenvalue weighted by atomic mass is 9.89. The molecule has 0 radical (unpaired) electrons. The molecule has 1 saturated heterocycles. The Morgan fingerprint density at radius 2 is 1.71 bits per heavy atom. The molecule has 100 valence electrons. The quantitative estimate of drug-likeness (QED) is 0.712. The maximum atomic E-state index is 8.72. The summed E-state index contributed by atoms with van der Waals surface area (Å²) in [7, 11) is 0. The largest absolute Gasteiger partial charge is 0.376 e. The standard InChI is InChI=1S/C12H22O5/c1-11(2)16-8-4-12(3,5-9(8)17-11)7-15-6-10(13)14/h8-10,13-14H,4-7H2,1-3H3. The van der Waals surface area contributed by atoms with Gasteiger partial charge in [0.1, 0.15) is 0 Å². The average Bonchev–Trinajstić information content (AvgIpc) is 2.52. The molecule has 2 unspecified atom stereocenters. The van der Waals surface area contributed by atoms with Crippen LogP contribution in [0.3, 0.4) is 0 Å². The molecule has 0 aromatic rings. The summed E-state index contributed by atoms with van der Waals surface area (Å²) in [6.07, 6.45) is 0.659. The van der Waals surface area contributed by atoms with Crippen LogP contribution in [0.1, 0.15) is 33.6 Å². The predicted octanol–water partition coefficient (Wildman–Crippen LogP) is 0.634. The molecule has 0 spiro atoms. The fraction of sp³-hybridized carbons (Fsp3) is 1.00. The second kappa shape index (κ2) is 4.48. The molecule has 1 saturated carbocycles. The highest BCUT2D eigenvalue weighted by Crippen LogP contribution is 2.47. The van der Waals surface area contributed by atoms with Crippen LogP contribution in [0.15, 0.2) is 0 Å². The van der Waals surface area contributed by atoms with Crippen molar-refractivity contribution in [1.82, 2.24) is 0 Å². The van der Waals surface area contributed by atoms with Gasteiger partial charge in [0.25, 0.3) is 0 Å². The molecule has 0 bridgehead atoms. The normalized spacial score (nSPS) is 39.9. The van der Waals surface area contributed by atoms with Crippen LogP contribution in [0.25, 0.3) is 0 Å². The Balaban J connectivity index is 1.82. The van der Waals surface area contributed by atoms with Gasteiger partial charge in [-0.05, 0) is 32.1 Å². The van der Waals surface area contributed by atoms with E-state index in [1.165, 1.54) is 0 Å². The van der Waals surface area contributed by atoms with Crippen molar-refractivity contribution in [3.63, 3.8) is 0 Å². The smallest absolute Gasteiger partial charge is 0.175 e. The van der Waals surface area contributed by atoms with Crippen LogP contribution in [0.2, 0.25) is 0 Å². The Bertz CT molecular complexity index is 260. The van der Waals surface area contributed by atoms with Gasteiger partial charge in [-0.25, -0.2) is 0 Å². The molecule has 2 aliphatic rings. The molecule has 0 amide bonds. The van der Waals surface area contributed by atoms with E-state index >= 15 is 0 Å². The molecule has 5 heteroatoms. The third-order valence-electron chi connectivity index (χ3n) is 3.39. The number of aliphatic hydroxyl groups is 2. The molecular formula is C12H22O5. The zero-order chi connectivity index (χ0) is 12.7. The zero-order valence-electron chi connectivity index (χ0n) is 10.7. The lowest BCUT2D eigenvalue weighted by Gasteiger charge is -2.27. The van der Waals surface area contributed by atoms with E-state index in [0.29, 0.717) is 6.61 Å². The average molecular weight is 246 g/mol. The molecule has 17 heavy (non-hydrogen) atoms. The van der Waals surface area contributed by atoms with Crippen molar-refractivity contribution >= 4 is 0 Å². The van der Waals surface area contributed by atoms with E-state index in [0.717, 1.165) is 12.8 Å². The molecule has 2 N–H and O–H groups in total. The van der Waals surface area contributed by atoms with E-state index in [4.69, 9.17) is 24.4 Å². The van der Waals surface area contributed by atoms with Crippen LogP contribution < -0.4 is 0 Å². The van der Waals surface area contributed by atoms with Crippen molar-refractivity contribution in [3.05, 3.63) is 0 Å². The first-order valence-electron chi connectivity index (χ1n) is 6.09. The summed E-state index contributed by atoms with van der Waals surface area (Å²) >= 11 is 0. The van der Waals surface area contributed by atoms with Gasteiger partial charge < -0.3 is 24.4 Å². The van der Waals surface area contributed by atoms with Gasteiger partial charge in [-0.15, -0.1) is 0 Å². The molecule has 0 aromatic carbocycles. The van der Waals surface area contributed by atoms with Gasteiger partial charge in [0, 0.05) is 0 Å². The third kappa shape index (κ3) is 3.17. The fourth-order valence-corrected chi connectivity index (χ4v) is 2.84. The number of fused-ring (bicyclic) bond motifs is 1. The molecule has 1 heterocycles. The molecule has 5 nitrogen and oxygen atoms in total. The summed E-state index contributed by atoms with van der Waals surface area (Å²) in [5.41, 5.74) is 0.000718. The Labute approximate surface area is 102 Å². The number of hydrogen-bond acceptors (Lipinski definition) is 5. The minimum Gasteiger partial charge on any atom is -0.376 e. The van der Waals surface area contributed by atoms with Crippen LogP contribution in [0.4, 0.5) is 0 Å². The van der Waals surface area contributed by atoms with E-state index < -0.39 is 12.1 Å². The third-order valence-corrected chi connectivity index (χ3v) is 3.39. The fourth-order valence-electron chi connectivity index (χ4n) is 2.84. The molecule has 0 aromatic heterocycles. The van der Waals surface area contributed by atoms with Crippen molar-refractivity contribution < 1.29 is 24.4 Å². The minimum absolute atomic E-state index is 0.000718. The van der Waals surface area contributed by atoms with E-state index in [9.17, 15) is 0 Å². The van der Waals surface area contributed by atoms with Gasteiger partial charge in [0.15, 0.2) is 12.1 Å². The Morgan fingerprint density at radius 3 is 2.18 bits per heavy atom. The zero-order valence-corrected chi connectivity index (χ0v) is 10.7. The van der Waals surface area contributed by atoms with Crippen LogP contribution in [-0.4, -0.2) is 47.7 Å². The highest BCUT2D eigenvalue weighted by Gasteiger charge is 2.51. The van der Waals surface area contributed by atoms with E-state index in [1.54, 1.807) is 0 Å². The molecule has 1 aliphatic heterocycles. The summed E-state index contributed by atoms with van der Waals surface area (Å²) in [6, 6.07) is 0. The second-order valence-corrected chi connectivity index (χ2v) is 5.93. The monoisotopic (exact) mass is 246 g/mol. The first-order valence-corrected chi connectivity index (χ1v) is 6.09. The van der Waals surface area contributed by atoms with Crippen molar-refractivity contribution in [2.45, 2.75) is 57.9 Å². The topological polar surface area (TPSA) is 68.2 Å². The van der Waals surface area contributed by atoms with Gasteiger partial charge in [0.2, 0.25) is 0 Å². The first-order chi connectivity index (χ1) is 7.80. The maximum Gasteiger partial charge on any atom is 0.175 e. The number of ether oxygens (including phenoxy) is 3. The number of rotatable bonds is 4. The van der Waals surface area contributed by atoms with Crippen molar-refractivity contribution in [3.8, 4) is 0 Å². The lowest BCUT2D eigenvalue weighted by molar-refractivity contribution is -0.162. The highest BCUT2D eigenvalue weighted by atomic mass is 16.8. The molecule has 2 fully saturated rings. The van der Waals surface area contributed by atoms with Crippen LogP contribution >= 0.6 is 0 Å². The number of aliphatic hydroxyl groups excluding tert-OH is 1. The first kappa shape index (κ1) is 13.2. The summed E-state index contributed by atoms with van der Waals surface area (Å²) in [6.45, 7) is 6.44. The molecule has 2 atom stereocenters. The van der Waals surface area contributed by atoms with Gasteiger partial charge in [-0.3, -0.25) is 0 Å². The molecule has 2 rings (SSSR count). The lowest BCUT2D eigenvalue weighted by Crippen LogP contribution is -2.29. The SMILES string of the molecule is CC1(COCC(O)O)CC2OC(C)(C)OC2C1. The number of hydrogen-bond donors (Lipinski definition) is 2. The summed E-state index contributed by atoms with van der Waals surface area (Å²) < 4.78 is 16.9. The van der Waals surface area contributed by atoms with Crippen LogP contribution in [0.5, 0.6) is 0 Å². The summed E-state index contributed by atoms with van der Waals surface area (Å²) in [5.74, 6) is -0.473. The molecular weight excluding hydrogens is 224 g/mol. The van der Waals surface area contributed by atoms with Gasteiger partial charge in [-0.2, -0.15) is 0 Å². The maximum absolute atomic E-state index is 8.72. The van der Waals surface area contributed by atoms with Crippen molar-refractivity contribution in [2.75, 3.05) is 13.2 Å². The van der Waals surface area contributed by atoms with Gasteiger partial charge >= 0.3 is 0 Å². The predicted molar refractivity (Wildman–Crippen MR) is 60.2 cm³/mol. The highest BCUT2D eigenvalue weighted by molar-refractivity contribution is 4.97. The second-order valence-electron chi connectivity index (χ2n) is 5.93. The van der Waals surface area contributed by atoms with E-state index in [1.807, 2.05) is 13.8 Å². The van der Waals surface area contributed by atoms with E-state index in [-0.39, 0.29) is 24.2 Å². The Hall–Kier alpha value is -0.200. The summed E-state index contributed by atoms with van der Waals surface area (Å²) in [4.78, 5) is 0. The van der Waals surface area contributed by atoms with Crippen LogP contribution in [-0.2, 0) is 14.2 Å². The van der Waals surface area contributed by atoms with Gasteiger partial charge in [0.05, 0.1) is 25.4 Å². The minimum atomic E-state index is -1.40. The molecule has 1 aliphatic carbocycles.